The van der Waals surface area contributed by atoms with Crippen LogP contribution in [0.1, 0.15) is 19.8 Å². The van der Waals surface area contributed by atoms with Crippen molar-refractivity contribution in [2.45, 2.75) is 24.7 Å². The molecule has 0 aliphatic carbocycles. The molecule has 0 saturated carbocycles. The molecule has 1 unspecified atom stereocenters. The SMILES string of the molecule is CCC1CCN(c2ccc(S(=O)(=O)NC)cc2N)C1. The Kier molecular flexibility index (Phi) is 4.01. The van der Waals surface area contributed by atoms with Gasteiger partial charge in [0.25, 0.3) is 0 Å². The van der Waals surface area contributed by atoms with Crippen molar-refractivity contribution in [1.82, 2.24) is 4.72 Å². The van der Waals surface area contributed by atoms with Crippen LogP contribution in [0.4, 0.5) is 11.4 Å². The number of sulfonamides is 1. The van der Waals surface area contributed by atoms with Gasteiger partial charge in [0, 0.05) is 13.1 Å². The molecule has 0 bridgehead atoms. The Bertz CT molecular complexity index is 557. The first kappa shape index (κ1) is 14.1. The third-order valence-electron chi connectivity index (χ3n) is 3.78. The minimum atomic E-state index is -3.42. The van der Waals surface area contributed by atoms with E-state index in [1.807, 2.05) is 0 Å². The summed E-state index contributed by atoms with van der Waals surface area (Å²) in [6.07, 6.45) is 2.34. The van der Waals surface area contributed by atoms with E-state index in [0.717, 1.165) is 18.8 Å². The Balaban J connectivity index is 2.26. The van der Waals surface area contributed by atoms with Crippen molar-refractivity contribution in [3.63, 3.8) is 0 Å². The quantitative estimate of drug-likeness (QED) is 0.819. The van der Waals surface area contributed by atoms with E-state index in [1.54, 1.807) is 12.1 Å². The lowest BCUT2D eigenvalue weighted by atomic mass is 10.1. The van der Waals surface area contributed by atoms with Gasteiger partial charge in [0.05, 0.1) is 16.3 Å². The molecule has 1 heterocycles. The van der Waals surface area contributed by atoms with Crippen molar-refractivity contribution in [3.05, 3.63) is 18.2 Å². The van der Waals surface area contributed by atoms with Crippen LogP contribution in [0.15, 0.2) is 23.1 Å². The molecule has 1 aromatic rings. The van der Waals surface area contributed by atoms with Crippen LogP contribution in [-0.2, 0) is 10.0 Å². The lowest BCUT2D eigenvalue weighted by Gasteiger charge is -2.21. The molecule has 3 N–H and O–H groups in total. The highest BCUT2D eigenvalue weighted by molar-refractivity contribution is 7.89. The van der Waals surface area contributed by atoms with E-state index < -0.39 is 10.0 Å². The Morgan fingerprint density at radius 3 is 2.74 bits per heavy atom. The molecule has 0 aromatic heterocycles. The fourth-order valence-corrected chi connectivity index (χ4v) is 3.26. The van der Waals surface area contributed by atoms with Gasteiger partial charge in [-0.15, -0.1) is 0 Å². The van der Waals surface area contributed by atoms with E-state index in [2.05, 4.69) is 16.5 Å². The summed E-state index contributed by atoms with van der Waals surface area (Å²) in [7, 11) is -2.03. The third-order valence-corrected chi connectivity index (χ3v) is 5.19. The van der Waals surface area contributed by atoms with Crippen LogP contribution in [0, 0.1) is 5.92 Å². The van der Waals surface area contributed by atoms with Gasteiger partial charge in [-0.05, 0) is 37.6 Å². The summed E-state index contributed by atoms with van der Waals surface area (Å²) in [6.45, 7) is 4.18. The largest absolute Gasteiger partial charge is 0.397 e. The standard InChI is InChI=1S/C13H21N3O2S/c1-3-10-6-7-16(9-10)13-5-4-11(8-12(13)14)19(17,18)15-2/h4-5,8,10,15H,3,6-7,9,14H2,1-2H3. The number of benzene rings is 1. The molecular weight excluding hydrogens is 262 g/mol. The summed E-state index contributed by atoms with van der Waals surface area (Å²) < 4.78 is 25.7. The van der Waals surface area contributed by atoms with Gasteiger partial charge in [0.15, 0.2) is 0 Å². The molecule has 1 aromatic carbocycles. The van der Waals surface area contributed by atoms with Crippen LogP contribution < -0.4 is 15.4 Å². The number of nitrogens with zero attached hydrogens (tertiary/aromatic N) is 1. The molecule has 1 atom stereocenters. The van der Waals surface area contributed by atoms with Crippen molar-refractivity contribution in [2.24, 2.45) is 5.92 Å². The first-order valence-electron chi connectivity index (χ1n) is 6.56. The van der Waals surface area contributed by atoms with Gasteiger partial charge in [0.1, 0.15) is 0 Å². The molecule has 0 spiro atoms. The van der Waals surface area contributed by atoms with Crippen LogP contribution in [0.3, 0.4) is 0 Å². The number of nitrogen functional groups attached to an aromatic ring is 1. The average molecular weight is 283 g/mol. The maximum absolute atomic E-state index is 11.7. The van der Waals surface area contributed by atoms with E-state index in [1.165, 1.54) is 26.0 Å². The second-order valence-corrected chi connectivity index (χ2v) is 6.82. The topological polar surface area (TPSA) is 75.4 Å². The maximum Gasteiger partial charge on any atom is 0.240 e. The predicted molar refractivity (Wildman–Crippen MR) is 77.7 cm³/mol. The van der Waals surface area contributed by atoms with Crippen LogP contribution in [-0.4, -0.2) is 28.6 Å². The van der Waals surface area contributed by atoms with Gasteiger partial charge >= 0.3 is 0 Å². The Morgan fingerprint density at radius 1 is 1.47 bits per heavy atom. The molecule has 19 heavy (non-hydrogen) atoms. The van der Waals surface area contributed by atoms with Gasteiger partial charge in [-0.3, -0.25) is 0 Å². The molecule has 6 heteroatoms. The number of rotatable bonds is 4. The number of hydrogen-bond donors (Lipinski definition) is 2. The van der Waals surface area contributed by atoms with Gasteiger partial charge in [0.2, 0.25) is 10.0 Å². The lowest BCUT2D eigenvalue weighted by Crippen LogP contribution is -2.22. The van der Waals surface area contributed by atoms with E-state index >= 15 is 0 Å². The molecule has 1 aliphatic rings. The van der Waals surface area contributed by atoms with Crippen molar-refractivity contribution in [2.75, 3.05) is 30.8 Å². The van der Waals surface area contributed by atoms with E-state index in [0.29, 0.717) is 11.6 Å². The molecule has 0 radical (unpaired) electrons. The van der Waals surface area contributed by atoms with Crippen molar-refractivity contribution >= 4 is 21.4 Å². The first-order valence-corrected chi connectivity index (χ1v) is 8.04. The Morgan fingerprint density at radius 2 is 2.21 bits per heavy atom. The molecule has 1 fully saturated rings. The maximum atomic E-state index is 11.7. The van der Waals surface area contributed by atoms with Crippen molar-refractivity contribution < 1.29 is 8.42 Å². The zero-order valence-electron chi connectivity index (χ0n) is 11.4. The minimum absolute atomic E-state index is 0.211. The van der Waals surface area contributed by atoms with E-state index in [4.69, 9.17) is 5.73 Å². The number of nitrogens with two attached hydrogens (primary N) is 1. The predicted octanol–water partition coefficient (Wildman–Crippen LogP) is 1.41. The van der Waals surface area contributed by atoms with Crippen molar-refractivity contribution in [3.8, 4) is 0 Å². The van der Waals surface area contributed by atoms with Gasteiger partial charge in [-0.2, -0.15) is 0 Å². The van der Waals surface area contributed by atoms with Crippen LogP contribution in [0.25, 0.3) is 0 Å². The Hall–Kier alpha value is -1.27. The second-order valence-electron chi connectivity index (χ2n) is 4.94. The summed E-state index contributed by atoms with van der Waals surface area (Å²) in [4.78, 5) is 2.45. The highest BCUT2D eigenvalue weighted by Gasteiger charge is 2.23. The third kappa shape index (κ3) is 2.84. The average Bonchev–Trinajstić information content (AvgIpc) is 2.87. The first-order chi connectivity index (χ1) is 8.97. The highest BCUT2D eigenvalue weighted by Crippen LogP contribution is 2.31. The van der Waals surface area contributed by atoms with Crippen LogP contribution in [0.2, 0.25) is 0 Å². The van der Waals surface area contributed by atoms with E-state index in [9.17, 15) is 8.42 Å². The smallest absolute Gasteiger partial charge is 0.240 e. The molecule has 1 saturated heterocycles. The van der Waals surface area contributed by atoms with Crippen molar-refractivity contribution in [1.29, 1.82) is 0 Å². The molecule has 2 rings (SSSR count). The fourth-order valence-electron chi connectivity index (χ4n) is 2.49. The zero-order chi connectivity index (χ0) is 14.0. The summed E-state index contributed by atoms with van der Waals surface area (Å²) in [5.74, 6) is 0.708. The molecule has 0 amide bonds. The molecule has 1 aliphatic heterocycles. The normalized spacial score (nSPS) is 19.9. The zero-order valence-corrected chi connectivity index (χ0v) is 12.2. The Labute approximate surface area is 114 Å². The lowest BCUT2D eigenvalue weighted by molar-refractivity contribution is 0.569. The summed E-state index contributed by atoms with van der Waals surface area (Å²) in [5, 5.41) is 0. The van der Waals surface area contributed by atoms with Gasteiger partial charge < -0.3 is 10.6 Å². The number of hydrogen-bond acceptors (Lipinski definition) is 4. The highest BCUT2D eigenvalue weighted by atomic mass is 32.2. The number of nitrogens with one attached hydrogen (secondary N) is 1. The summed E-state index contributed by atoms with van der Waals surface area (Å²) in [6, 6.07) is 4.94. The fraction of sp³-hybridized carbons (Fsp3) is 0.538. The van der Waals surface area contributed by atoms with E-state index in [-0.39, 0.29) is 4.90 Å². The van der Waals surface area contributed by atoms with Crippen LogP contribution >= 0.6 is 0 Å². The monoisotopic (exact) mass is 283 g/mol. The summed E-state index contributed by atoms with van der Waals surface area (Å²) in [5.41, 5.74) is 7.46. The molecule has 5 nitrogen and oxygen atoms in total. The molecular formula is C13H21N3O2S. The van der Waals surface area contributed by atoms with Gasteiger partial charge in [-0.25, -0.2) is 13.1 Å². The van der Waals surface area contributed by atoms with Gasteiger partial charge in [-0.1, -0.05) is 13.3 Å². The molecule has 106 valence electrons. The van der Waals surface area contributed by atoms with Crippen LogP contribution in [0.5, 0.6) is 0 Å². The number of anilines is 2. The second kappa shape index (κ2) is 5.38. The minimum Gasteiger partial charge on any atom is -0.397 e. The summed E-state index contributed by atoms with van der Waals surface area (Å²) >= 11 is 0.